The van der Waals surface area contributed by atoms with Crippen molar-refractivity contribution in [1.29, 1.82) is 0 Å². The van der Waals surface area contributed by atoms with Gasteiger partial charge in [0.25, 0.3) is 0 Å². The van der Waals surface area contributed by atoms with Crippen LogP contribution in [0.25, 0.3) is 0 Å². The fourth-order valence-corrected chi connectivity index (χ4v) is 1.46. The van der Waals surface area contributed by atoms with E-state index in [9.17, 15) is 4.39 Å². The third-order valence-electron chi connectivity index (χ3n) is 1.46. The minimum Gasteiger partial charge on any atom is -0.330 e. The van der Waals surface area contributed by atoms with Crippen LogP contribution >= 0.6 is 28.3 Å². The lowest BCUT2D eigenvalue weighted by Crippen LogP contribution is -2.04. The van der Waals surface area contributed by atoms with Crippen molar-refractivity contribution in [2.24, 2.45) is 5.73 Å². The standard InChI is InChI=1S/C8H9BrFN.ClH/c9-7-2-1-3-8(10)6(7)4-5-11;/h1-3H,4-5,11H2;1H. The molecule has 0 aliphatic carbocycles. The van der Waals surface area contributed by atoms with Gasteiger partial charge in [-0.05, 0) is 25.1 Å². The summed E-state index contributed by atoms with van der Waals surface area (Å²) in [7, 11) is 0. The van der Waals surface area contributed by atoms with E-state index in [0.717, 1.165) is 4.47 Å². The van der Waals surface area contributed by atoms with E-state index in [1.54, 1.807) is 6.07 Å². The van der Waals surface area contributed by atoms with Gasteiger partial charge in [-0.15, -0.1) is 12.4 Å². The molecule has 0 fully saturated rings. The van der Waals surface area contributed by atoms with E-state index >= 15 is 0 Å². The molecule has 1 rings (SSSR count). The maximum Gasteiger partial charge on any atom is 0.127 e. The summed E-state index contributed by atoms with van der Waals surface area (Å²) in [6.07, 6.45) is 0.577. The quantitative estimate of drug-likeness (QED) is 0.862. The normalized spacial score (nSPS) is 9.25. The summed E-state index contributed by atoms with van der Waals surface area (Å²) in [4.78, 5) is 0. The van der Waals surface area contributed by atoms with Gasteiger partial charge in [0.2, 0.25) is 0 Å². The van der Waals surface area contributed by atoms with E-state index in [2.05, 4.69) is 15.9 Å². The summed E-state index contributed by atoms with van der Waals surface area (Å²) in [5.41, 5.74) is 5.97. The molecule has 0 bridgehead atoms. The molecule has 0 saturated carbocycles. The summed E-state index contributed by atoms with van der Waals surface area (Å²) in [5.74, 6) is -0.190. The van der Waals surface area contributed by atoms with Crippen molar-refractivity contribution in [2.45, 2.75) is 6.42 Å². The molecular weight excluding hydrogens is 244 g/mol. The number of benzene rings is 1. The average Bonchev–Trinajstić information content (AvgIpc) is 1.97. The summed E-state index contributed by atoms with van der Waals surface area (Å²) in [6.45, 7) is 0.472. The zero-order valence-electron chi connectivity index (χ0n) is 6.39. The molecule has 12 heavy (non-hydrogen) atoms. The van der Waals surface area contributed by atoms with Gasteiger partial charge in [-0.2, -0.15) is 0 Å². The first kappa shape index (κ1) is 11.9. The number of halogens is 3. The largest absolute Gasteiger partial charge is 0.330 e. The van der Waals surface area contributed by atoms with Crippen LogP contribution in [0.4, 0.5) is 4.39 Å². The monoisotopic (exact) mass is 253 g/mol. The van der Waals surface area contributed by atoms with Gasteiger partial charge in [0.05, 0.1) is 0 Å². The zero-order chi connectivity index (χ0) is 8.27. The lowest BCUT2D eigenvalue weighted by molar-refractivity contribution is 0.608. The second kappa shape index (κ2) is 5.51. The Morgan fingerprint density at radius 3 is 2.58 bits per heavy atom. The highest BCUT2D eigenvalue weighted by Gasteiger charge is 2.03. The minimum atomic E-state index is -0.190. The Hall–Kier alpha value is -0.120. The third-order valence-corrected chi connectivity index (χ3v) is 2.20. The van der Waals surface area contributed by atoms with Crippen LogP contribution in [0.3, 0.4) is 0 Å². The highest BCUT2D eigenvalue weighted by molar-refractivity contribution is 9.10. The predicted octanol–water partition coefficient (Wildman–Crippen LogP) is 2.51. The lowest BCUT2D eigenvalue weighted by Gasteiger charge is -2.02. The lowest BCUT2D eigenvalue weighted by atomic mass is 10.1. The van der Waals surface area contributed by atoms with Crippen molar-refractivity contribution in [3.8, 4) is 0 Å². The van der Waals surface area contributed by atoms with Gasteiger partial charge in [0, 0.05) is 10.0 Å². The maximum absolute atomic E-state index is 13.0. The number of rotatable bonds is 2. The van der Waals surface area contributed by atoms with Crippen molar-refractivity contribution >= 4 is 28.3 Å². The van der Waals surface area contributed by atoms with Crippen molar-refractivity contribution in [1.82, 2.24) is 0 Å². The predicted molar refractivity (Wildman–Crippen MR) is 54.1 cm³/mol. The van der Waals surface area contributed by atoms with E-state index in [1.807, 2.05) is 6.07 Å². The van der Waals surface area contributed by atoms with Gasteiger partial charge >= 0.3 is 0 Å². The van der Waals surface area contributed by atoms with Crippen molar-refractivity contribution in [3.05, 3.63) is 34.1 Å². The SMILES string of the molecule is Cl.NCCc1c(F)cccc1Br. The van der Waals surface area contributed by atoms with Crippen LogP contribution in [0.1, 0.15) is 5.56 Å². The zero-order valence-corrected chi connectivity index (χ0v) is 8.79. The molecular formula is C8H10BrClFN. The highest BCUT2D eigenvalue weighted by Crippen LogP contribution is 2.19. The number of nitrogens with two attached hydrogens (primary N) is 1. The Morgan fingerprint density at radius 1 is 1.42 bits per heavy atom. The minimum absolute atomic E-state index is 0. The Kier molecular flexibility index (Phi) is 5.46. The van der Waals surface area contributed by atoms with Crippen molar-refractivity contribution < 1.29 is 4.39 Å². The van der Waals surface area contributed by atoms with Gasteiger partial charge in [-0.1, -0.05) is 22.0 Å². The Bertz CT molecular complexity index is 235. The van der Waals surface area contributed by atoms with Gasteiger partial charge in [0.15, 0.2) is 0 Å². The first-order valence-electron chi connectivity index (χ1n) is 3.38. The van der Waals surface area contributed by atoms with Gasteiger partial charge < -0.3 is 5.73 Å². The van der Waals surface area contributed by atoms with Gasteiger partial charge in [-0.25, -0.2) is 4.39 Å². The molecule has 0 spiro atoms. The smallest absolute Gasteiger partial charge is 0.127 e. The summed E-state index contributed by atoms with van der Waals surface area (Å²) >= 11 is 3.25. The second-order valence-electron chi connectivity index (χ2n) is 2.24. The fraction of sp³-hybridized carbons (Fsp3) is 0.250. The summed E-state index contributed by atoms with van der Waals surface area (Å²) in [6, 6.07) is 4.92. The first-order chi connectivity index (χ1) is 5.25. The van der Waals surface area contributed by atoms with E-state index in [1.165, 1.54) is 6.07 Å². The molecule has 0 aliphatic rings. The Labute approximate surface area is 85.7 Å². The Morgan fingerprint density at radius 2 is 2.08 bits per heavy atom. The van der Waals surface area contributed by atoms with Crippen LogP contribution in [-0.2, 0) is 6.42 Å². The van der Waals surface area contributed by atoms with E-state index in [0.29, 0.717) is 18.5 Å². The third kappa shape index (κ3) is 2.73. The molecule has 0 radical (unpaired) electrons. The van der Waals surface area contributed by atoms with Crippen LogP contribution < -0.4 is 5.73 Å². The molecule has 0 atom stereocenters. The number of hydrogen-bond acceptors (Lipinski definition) is 1. The van der Waals surface area contributed by atoms with Crippen LogP contribution in [0.5, 0.6) is 0 Å². The van der Waals surface area contributed by atoms with Crippen LogP contribution in [0.2, 0.25) is 0 Å². The van der Waals surface area contributed by atoms with Gasteiger partial charge in [0.1, 0.15) is 5.82 Å². The topological polar surface area (TPSA) is 26.0 Å². The van der Waals surface area contributed by atoms with Crippen molar-refractivity contribution in [2.75, 3.05) is 6.54 Å². The maximum atomic E-state index is 13.0. The van der Waals surface area contributed by atoms with Crippen LogP contribution in [0, 0.1) is 5.82 Å². The van der Waals surface area contributed by atoms with E-state index in [-0.39, 0.29) is 18.2 Å². The summed E-state index contributed by atoms with van der Waals surface area (Å²) < 4.78 is 13.7. The highest BCUT2D eigenvalue weighted by atomic mass is 79.9. The Balaban J connectivity index is 0.00000121. The molecule has 1 aromatic rings. The molecule has 2 N–H and O–H groups in total. The molecule has 68 valence electrons. The molecule has 4 heteroatoms. The fourth-order valence-electron chi connectivity index (χ4n) is 0.916. The summed E-state index contributed by atoms with van der Waals surface area (Å²) in [5, 5.41) is 0. The van der Waals surface area contributed by atoms with Crippen molar-refractivity contribution in [3.63, 3.8) is 0 Å². The molecule has 0 unspecified atom stereocenters. The second-order valence-corrected chi connectivity index (χ2v) is 3.09. The molecule has 0 saturated heterocycles. The molecule has 0 aromatic heterocycles. The van der Waals surface area contributed by atoms with Crippen LogP contribution in [0.15, 0.2) is 22.7 Å². The molecule has 0 aliphatic heterocycles. The molecule has 0 amide bonds. The molecule has 1 aromatic carbocycles. The number of hydrogen-bond donors (Lipinski definition) is 1. The average molecular weight is 255 g/mol. The molecule has 1 nitrogen and oxygen atoms in total. The van der Waals surface area contributed by atoms with E-state index in [4.69, 9.17) is 5.73 Å². The van der Waals surface area contributed by atoms with Gasteiger partial charge in [-0.3, -0.25) is 0 Å². The first-order valence-corrected chi connectivity index (χ1v) is 4.18. The molecule has 0 heterocycles. The van der Waals surface area contributed by atoms with E-state index < -0.39 is 0 Å². The van der Waals surface area contributed by atoms with Crippen LogP contribution in [-0.4, -0.2) is 6.54 Å².